The second-order valence-electron chi connectivity index (χ2n) is 13.9. The van der Waals surface area contributed by atoms with E-state index in [1.807, 2.05) is 72.8 Å². The maximum Gasteiger partial charge on any atom is 0.260 e. The number of anilines is 1. The topological polar surface area (TPSA) is 87.5 Å². The molecule has 1 aromatic heterocycles. The van der Waals surface area contributed by atoms with Crippen LogP contribution in [0.2, 0.25) is 5.02 Å². The Balaban J connectivity index is 1.26. The predicted molar refractivity (Wildman–Crippen MR) is 208 cm³/mol. The van der Waals surface area contributed by atoms with Crippen LogP contribution in [0.25, 0.3) is 11.3 Å². The van der Waals surface area contributed by atoms with Crippen molar-refractivity contribution >= 4 is 29.1 Å². The Morgan fingerprint density at radius 3 is 2.40 bits per heavy atom. The first-order valence-electron chi connectivity index (χ1n) is 18.0. The van der Waals surface area contributed by atoms with Crippen LogP contribution in [-0.2, 0) is 31.3 Å². The van der Waals surface area contributed by atoms with Gasteiger partial charge in [-0.25, -0.2) is 0 Å². The molecule has 1 fully saturated rings. The van der Waals surface area contributed by atoms with Crippen molar-refractivity contribution in [3.05, 3.63) is 135 Å². The van der Waals surface area contributed by atoms with Crippen molar-refractivity contribution < 1.29 is 24.2 Å². The molecule has 2 amide bonds. The molecule has 0 bridgehead atoms. The van der Waals surface area contributed by atoms with E-state index in [0.717, 1.165) is 54.2 Å². The lowest BCUT2D eigenvalue weighted by Crippen LogP contribution is -2.52. The smallest absolute Gasteiger partial charge is 0.260 e. The van der Waals surface area contributed by atoms with Gasteiger partial charge in [0.1, 0.15) is 11.5 Å². The van der Waals surface area contributed by atoms with Gasteiger partial charge in [0, 0.05) is 72.5 Å². The van der Waals surface area contributed by atoms with E-state index in [2.05, 4.69) is 23.1 Å². The van der Waals surface area contributed by atoms with Crippen molar-refractivity contribution in [3.8, 4) is 22.8 Å². The first-order chi connectivity index (χ1) is 25.6. The number of hydrogen-bond donors (Lipinski definition) is 1. The summed E-state index contributed by atoms with van der Waals surface area (Å²) in [4.78, 5) is 35.6. The summed E-state index contributed by atoms with van der Waals surface area (Å²) in [6, 6.07) is 28.0. The van der Waals surface area contributed by atoms with Gasteiger partial charge in [0.15, 0.2) is 0 Å². The van der Waals surface area contributed by atoms with Gasteiger partial charge < -0.3 is 28.9 Å². The third-order valence-electron chi connectivity index (χ3n) is 10.8. The average Bonchev–Trinajstić information content (AvgIpc) is 3.47. The SMILES string of the molecule is COc1cccc(CN(C(=O)c2cc(-c3cc(Cl)ccc3C(=O)N3Cc4ccccc4C[C@H]3CN3CCOCC3)n(C)c2C)c2ccc(O)cc2)c1C. The largest absolute Gasteiger partial charge is 0.508 e. The van der Waals surface area contributed by atoms with Crippen molar-refractivity contribution in [1.82, 2.24) is 14.4 Å². The summed E-state index contributed by atoms with van der Waals surface area (Å²) in [5, 5.41) is 10.6. The lowest BCUT2D eigenvalue weighted by atomic mass is 9.92. The molecule has 0 spiro atoms. The van der Waals surface area contributed by atoms with Gasteiger partial charge in [-0.2, -0.15) is 0 Å². The molecule has 0 saturated carbocycles. The molecule has 2 aliphatic rings. The van der Waals surface area contributed by atoms with Gasteiger partial charge in [0.05, 0.1) is 32.4 Å². The number of halogens is 1. The molecule has 2 aliphatic heterocycles. The number of phenols is 1. The summed E-state index contributed by atoms with van der Waals surface area (Å²) >= 11 is 6.66. The molecule has 1 atom stereocenters. The van der Waals surface area contributed by atoms with Gasteiger partial charge in [-0.05, 0) is 97.1 Å². The fraction of sp³-hybridized carbons (Fsp3) is 0.302. The molecule has 53 heavy (non-hydrogen) atoms. The Morgan fingerprint density at radius 1 is 0.925 bits per heavy atom. The number of rotatable bonds is 9. The maximum atomic E-state index is 14.8. The number of carbonyl (C=O) groups excluding carboxylic acids is 2. The van der Waals surface area contributed by atoms with Crippen molar-refractivity contribution in [2.45, 2.75) is 39.4 Å². The van der Waals surface area contributed by atoms with Gasteiger partial charge in [-0.15, -0.1) is 0 Å². The van der Waals surface area contributed by atoms with E-state index in [0.29, 0.717) is 52.9 Å². The monoisotopic (exact) mass is 732 g/mol. The molecule has 5 aromatic rings. The number of phenolic OH excluding ortho intramolecular Hbond substituents is 1. The van der Waals surface area contributed by atoms with Crippen LogP contribution in [0, 0.1) is 13.8 Å². The molecular weight excluding hydrogens is 688 g/mol. The summed E-state index contributed by atoms with van der Waals surface area (Å²) in [6.07, 6.45) is 0.768. The Kier molecular flexibility index (Phi) is 10.6. The van der Waals surface area contributed by atoms with Crippen molar-refractivity contribution in [2.75, 3.05) is 44.9 Å². The molecule has 1 N–H and O–H groups in total. The van der Waals surface area contributed by atoms with Crippen LogP contribution in [0.4, 0.5) is 5.69 Å². The minimum absolute atomic E-state index is 0.0229. The Hall–Kier alpha value is -5.09. The van der Waals surface area contributed by atoms with Gasteiger partial charge in [0.2, 0.25) is 0 Å². The van der Waals surface area contributed by atoms with Crippen LogP contribution < -0.4 is 9.64 Å². The first kappa shape index (κ1) is 36.3. The van der Waals surface area contributed by atoms with Crippen LogP contribution in [0.15, 0.2) is 91.0 Å². The summed E-state index contributed by atoms with van der Waals surface area (Å²) in [6.45, 7) is 8.48. The summed E-state index contributed by atoms with van der Waals surface area (Å²) < 4.78 is 13.1. The zero-order valence-corrected chi connectivity index (χ0v) is 31.4. The molecule has 0 radical (unpaired) electrons. The van der Waals surface area contributed by atoms with E-state index in [9.17, 15) is 14.7 Å². The minimum Gasteiger partial charge on any atom is -0.508 e. The Bertz CT molecular complexity index is 2140. The number of fused-ring (bicyclic) bond motifs is 1. The number of nitrogens with zero attached hydrogens (tertiary/aromatic N) is 4. The van der Waals surface area contributed by atoms with Gasteiger partial charge in [0.25, 0.3) is 11.8 Å². The number of benzene rings is 4. The zero-order valence-electron chi connectivity index (χ0n) is 30.6. The number of methoxy groups -OCH3 is 1. The van der Waals surface area contributed by atoms with E-state index >= 15 is 0 Å². The molecule has 7 rings (SSSR count). The van der Waals surface area contributed by atoms with Crippen LogP contribution in [0.1, 0.15) is 48.7 Å². The van der Waals surface area contributed by atoms with Crippen molar-refractivity contribution in [3.63, 3.8) is 0 Å². The molecular formula is C43H45ClN4O5. The number of morpholine rings is 1. The molecule has 0 unspecified atom stereocenters. The molecule has 274 valence electrons. The van der Waals surface area contributed by atoms with Crippen LogP contribution >= 0.6 is 11.6 Å². The molecule has 4 aromatic carbocycles. The van der Waals surface area contributed by atoms with E-state index in [1.54, 1.807) is 42.3 Å². The van der Waals surface area contributed by atoms with E-state index in [-0.39, 0.29) is 30.2 Å². The number of hydrogen-bond acceptors (Lipinski definition) is 6. The lowest BCUT2D eigenvalue weighted by molar-refractivity contribution is 0.0193. The predicted octanol–water partition coefficient (Wildman–Crippen LogP) is 7.42. The zero-order chi connectivity index (χ0) is 37.2. The van der Waals surface area contributed by atoms with Gasteiger partial charge in [-0.3, -0.25) is 14.5 Å². The second kappa shape index (κ2) is 15.5. The number of aromatic hydroxyl groups is 1. The molecule has 9 nitrogen and oxygen atoms in total. The van der Waals surface area contributed by atoms with E-state index in [4.69, 9.17) is 21.1 Å². The van der Waals surface area contributed by atoms with Crippen LogP contribution in [0.5, 0.6) is 11.5 Å². The third kappa shape index (κ3) is 7.42. The number of aromatic nitrogens is 1. The molecule has 1 saturated heterocycles. The van der Waals surface area contributed by atoms with Crippen LogP contribution in [-0.4, -0.2) is 77.3 Å². The van der Waals surface area contributed by atoms with E-state index in [1.165, 1.54) is 5.56 Å². The number of amides is 2. The average molecular weight is 733 g/mol. The molecule has 10 heteroatoms. The summed E-state index contributed by atoms with van der Waals surface area (Å²) in [5.41, 5.74) is 8.06. The highest BCUT2D eigenvalue weighted by atomic mass is 35.5. The third-order valence-corrected chi connectivity index (χ3v) is 11.0. The highest BCUT2D eigenvalue weighted by Crippen LogP contribution is 2.35. The molecule has 0 aliphatic carbocycles. The van der Waals surface area contributed by atoms with Crippen molar-refractivity contribution in [2.24, 2.45) is 7.05 Å². The number of ether oxygens (including phenoxy) is 2. The fourth-order valence-corrected chi connectivity index (χ4v) is 7.77. The quantitative estimate of drug-likeness (QED) is 0.170. The highest BCUT2D eigenvalue weighted by molar-refractivity contribution is 6.31. The van der Waals surface area contributed by atoms with Gasteiger partial charge in [-0.1, -0.05) is 48.0 Å². The highest BCUT2D eigenvalue weighted by Gasteiger charge is 2.34. The normalized spacial score (nSPS) is 15.9. The summed E-state index contributed by atoms with van der Waals surface area (Å²) in [5.74, 6) is 0.557. The van der Waals surface area contributed by atoms with Crippen LogP contribution in [0.3, 0.4) is 0 Å². The van der Waals surface area contributed by atoms with E-state index < -0.39 is 0 Å². The van der Waals surface area contributed by atoms with Gasteiger partial charge >= 0.3 is 0 Å². The lowest BCUT2D eigenvalue weighted by Gasteiger charge is -2.40. The first-order valence-corrected chi connectivity index (χ1v) is 18.4. The fourth-order valence-electron chi connectivity index (χ4n) is 7.59. The Labute approximate surface area is 315 Å². The molecule has 3 heterocycles. The summed E-state index contributed by atoms with van der Waals surface area (Å²) in [7, 11) is 3.54. The standard InChI is InChI=1S/C43H45ClN4O5/c1-28-31(10-7-11-41(28)52-4)25-47(34-13-15-36(49)16-14-34)43(51)38-24-40(45(3)29(38)2)39-23-33(44)12-17-37(39)42(50)48-26-32-9-6-5-8-30(32)22-35(48)27-46-18-20-53-21-19-46/h5-17,23-24,35,49H,18-22,25-27H2,1-4H3/t35-/m0/s1. The second-order valence-corrected chi connectivity index (χ2v) is 14.3. The number of carbonyl (C=O) groups is 2. The Morgan fingerprint density at radius 2 is 1.66 bits per heavy atom. The van der Waals surface area contributed by atoms with Crippen molar-refractivity contribution in [1.29, 1.82) is 0 Å². The maximum absolute atomic E-state index is 14.8. The minimum atomic E-state index is -0.217.